The van der Waals surface area contributed by atoms with Gasteiger partial charge in [0.25, 0.3) is 10.0 Å². The van der Waals surface area contributed by atoms with Crippen molar-refractivity contribution in [2.24, 2.45) is 0 Å². The Bertz CT molecular complexity index is 1570. The Morgan fingerprint density at radius 2 is 1.81 bits per heavy atom. The van der Waals surface area contributed by atoms with Crippen molar-refractivity contribution >= 4 is 27.5 Å². The van der Waals surface area contributed by atoms with E-state index in [4.69, 9.17) is 0 Å². The normalized spacial score (nSPS) is 14.8. The first-order valence-corrected chi connectivity index (χ1v) is 13.1. The summed E-state index contributed by atoms with van der Waals surface area (Å²) in [5, 5.41) is 9.26. The minimum absolute atomic E-state index is 0.0181. The number of rotatable bonds is 8. The van der Waals surface area contributed by atoms with E-state index < -0.39 is 16.0 Å². The molecule has 0 spiro atoms. The predicted molar refractivity (Wildman–Crippen MR) is 138 cm³/mol. The lowest BCUT2D eigenvalue weighted by molar-refractivity contribution is -0.137. The summed E-state index contributed by atoms with van der Waals surface area (Å²) in [6, 6.07) is 20.1. The molecule has 37 heavy (non-hydrogen) atoms. The third-order valence-electron chi connectivity index (χ3n) is 6.41. The number of hydrogen-bond acceptors (Lipinski definition) is 6. The lowest BCUT2D eigenvalue weighted by Gasteiger charge is -2.20. The number of carboxylic acid groups (broad SMARTS) is 1. The molecular formula is C28H23N3O5S. The Morgan fingerprint density at radius 1 is 0.946 bits per heavy atom. The van der Waals surface area contributed by atoms with E-state index >= 15 is 0 Å². The summed E-state index contributed by atoms with van der Waals surface area (Å²) in [5.74, 6) is -1.61. The maximum Gasteiger partial charge on any atom is 0.303 e. The smallest absolute Gasteiger partial charge is 0.303 e. The van der Waals surface area contributed by atoms with Gasteiger partial charge in [-0.1, -0.05) is 30.3 Å². The number of aromatic nitrogens is 2. The van der Waals surface area contributed by atoms with E-state index in [1.54, 1.807) is 42.7 Å². The van der Waals surface area contributed by atoms with Crippen molar-refractivity contribution in [1.82, 2.24) is 9.97 Å². The van der Waals surface area contributed by atoms with E-state index in [1.165, 1.54) is 28.7 Å². The quantitative estimate of drug-likeness (QED) is 0.344. The van der Waals surface area contributed by atoms with E-state index in [0.29, 0.717) is 12.1 Å². The fourth-order valence-electron chi connectivity index (χ4n) is 4.56. The second-order valence-corrected chi connectivity index (χ2v) is 10.6. The van der Waals surface area contributed by atoms with Gasteiger partial charge >= 0.3 is 5.97 Å². The Hall–Kier alpha value is -4.37. The Balaban J connectivity index is 1.52. The van der Waals surface area contributed by atoms with Crippen LogP contribution >= 0.6 is 0 Å². The average molecular weight is 514 g/mol. The van der Waals surface area contributed by atoms with Crippen LogP contribution in [0.25, 0.3) is 11.1 Å². The predicted octanol–water partition coefficient (Wildman–Crippen LogP) is 4.53. The van der Waals surface area contributed by atoms with Gasteiger partial charge in [-0.15, -0.1) is 0 Å². The number of pyridine rings is 2. The van der Waals surface area contributed by atoms with Crippen LogP contribution < -0.4 is 4.31 Å². The summed E-state index contributed by atoms with van der Waals surface area (Å²) in [5.41, 5.74) is 3.46. The fraction of sp³-hybridized carbons (Fsp3) is 0.143. The van der Waals surface area contributed by atoms with Crippen LogP contribution in [0.2, 0.25) is 0 Å². The van der Waals surface area contributed by atoms with Crippen LogP contribution in [0.1, 0.15) is 40.4 Å². The third-order valence-corrected chi connectivity index (χ3v) is 8.18. The Labute approximate surface area is 214 Å². The molecule has 8 nitrogen and oxygen atoms in total. The highest BCUT2D eigenvalue weighted by Gasteiger charge is 2.37. The van der Waals surface area contributed by atoms with Gasteiger partial charge in [-0.05, 0) is 65.6 Å². The third kappa shape index (κ3) is 4.85. The standard InChI is InChI=1S/C28H23N3O5S/c32-27(33)12-10-22-18-31(26-11-9-19(16-24(22)26)21-6-4-13-29-17-21)37(35,36)23-7-3-5-20(15-23)28(34)25-8-1-2-14-30-25/h1-9,11,13-17,22H,10,12,18H2,(H,32,33). The van der Waals surface area contributed by atoms with Gasteiger partial charge < -0.3 is 5.11 Å². The van der Waals surface area contributed by atoms with Crippen molar-refractivity contribution in [1.29, 1.82) is 0 Å². The maximum atomic E-state index is 13.8. The Morgan fingerprint density at radius 3 is 2.54 bits per heavy atom. The van der Waals surface area contributed by atoms with Gasteiger partial charge in [0.15, 0.2) is 0 Å². The van der Waals surface area contributed by atoms with Gasteiger partial charge in [0.2, 0.25) is 5.78 Å². The fourth-order valence-corrected chi connectivity index (χ4v) is 6.14. The topological polar surface area (TPSA) is 118 Å². The molecule has 1 aliphatic heterocycles. The summed E-state index contributed by atoms with van der Waals surface area (Å²) in [6.45, 7) is 0.111. The van der Waals surface area contributed by atoms with Crippen LogP contribution in [0.4, 0.5) is 5.69 Å². The summed E-state index contributed by atoms with van der Waals surface area (Å²) in [6.07, 6.45) is 5.12. The van der Waals surface area contributed by atoms with Crippen molar-refractivity contribution in [3.63, 3.8) is 0 Å². The number of fused-ring (bicyclic) bond motifs is 1. The van der Waals surface area contributed by atoms with Gasteiger partial charge in [0.05, 0.1) is 10.6 Å². The first-order chi connectivity index (χ1) is 17.8. The minimum atomic E-state index is -4.04. The molecule has 1 unspecified atom stereocenters. The number of carbonyl (C=O) groups excluding carboxylic acids is 1. The van der Waals surface area contributed by atoms with Crippen LogP contribution in [0.15, 0.2) is 96.3 Å². The number of anilines is 1. The number of hydrogen-bond donors (Lipinski definition) is 1. The molecule has 0 amide bonds. The van der Waals surface area contributed by atoms with E-state index in [1.807, 2.05) is 24.3 Å². The van der Waals surface area contributed by atoms with Crippen LogP contribution in [-0.4, -0.2) is 41.8 Å². The molecule has 186 valence electrons. The second kappa shape index (κ2) is 9.94. The van der Waals surface area contributed by atoms with Gasteiger partial charge in [0.1, 0.15) is 5.69 Å². The van der Waals surface area contributed by atoms with Crippen molar-refractivity contribution in [3.8, 4) is 11.1 Å². The maximum absolute atomic E-state index is 13.8. The zero-order valence-corrected chi connectivity index (χ0v) is 20.5. The zero-order valence-electron chi connectivity index (χ0n) is 19.7. The molecule has 0 saturated carbocycles. The summed E-state index contributed by atoms with van der Waals surface area (Å²) in [4.78, 5) is 32.4. The van der Waals surface area contributed by atoms with Gasteiger partial charge in [0, 0.05) is 43.0 Å². The molecule has 3 heterocycles. The van der Waals surface area contributed by atoms with Crippen molar-refractivity contribution < 1.29 is 23.1 Å². The number of ketones is 1. The number of aliphatic carboxylic acids is 1. The van der Waals surface area contributed by atoms with E-state index in [0.717, 1.165) is 16.7 Å². The highest BCUT2D eigenvalue weighted by Crippen LogP contribution is 2.43. The molecule has 1 aliphatic rings. The van der Waals surface area contributed by atoms with E-state index in [9.17, 15) is 23.1 Å². The van der Waals surface area contributed by atoms with Crippen LogP contribution in [-0.2, 0) is 14.8 Å². The highest BCUT2D eigenvalue weighted by atomic mass is 32.2. The molecule has 0 aliphatic carbocycles. The van der Waals surface area contributed by atoms with Gasteiger partial charge in [-0.2, -0.15) is 0 Å². The summed E-state index contributed by atoms with van der Waals surface area (Å²) < 4.78 is 29.0. The minimum Gasteiger partial charge on any atom is -0.481 e. The molecule has 2 aromatic carbocycles. The van der Waals surface area contributed by atoms with Crippen LogP contribution in [0.3, 0.4) is 0 Å². The molecule has 0 radical (unpaired) electrons. The number of carboxylic acids is 1. The largest absolute Gasteiger partial charge is 0.481 e. The first-order valence-electron chi connectivity index (χ1n) is 11.7. The number of sulfonamides is 1. The second-order valence-electron chi connectivity index (χ2n) is 8.75. The molecule has 0 saturated heterocycles. The zero-order chi connectivity index (χ0) is 26.0. The van der Waals surface area contributed by atoms with Crippen molar-refractivity contribution in [2.45, 2.75) is 23.7 Å². The molecule has 0 bridgehead atoms. The van der Waals surface area contributed by atoms with E-state index in [2.05, 4.69) is 9.97 Å². The average Bonchev–Trinajstić information content (AvgIpc) is 3.31. The number of benzene rings is 2. The first kappa shape index (κ1) is 24.3. The highest BCUT2D eigenvalue weighted by molar-refractivity contribution is 7.92. The van der Waals surface area contributed by atoms with Crippen LogP contribution in [0, 0.1) is 0 Å². The molecule has 1 N–H and O–H groups in total. The monoisotopic (exact) mass is 513 g/mol. The SMILES string of the molecule is O=C(O)CCC1CN(S(=O)(=O)c2cccc(C(=O)c3ccccn3)c2)c2ccc(-c3cccnc3)cc21. The van der Waals surface area contributed by atoms with Gasteiger partial charge in [-0.3, -0.25) is 23.9 Å². The molecule has 2 aromatic heterocycles. The van der Waals surface area contributed by atoms with Gasteiger partial charge in [-0.25, -0.2) is 8.42 Å². The molecule has 4 aromatic rings. The molecule has 5 rings (SSSR count). The summed E-state index contributed by atoms with van der Waals surface area (Å²) in [7, 11) is -4.04. The van der Waals surface area contributed by atoms with Crippen molar-refractivity contribution in [3.05, 3.63) is 108 Å². The number of nitrogens with zero attached hydrogens (tertiary/aromatic N) is 3. The van der Waals surface area contributed by atoms with Crippen LogP contribution in [0.5, 0.6) is 0 Å². The lowest BCUT2D eigenvalue weighted by atomic mass is 9.93. The lowest BCUT2D eigenvalue weighted by Crippen LogP contribution is -2.30. The molecule has 0 fully saturated rings. The Kier molecular flexibility index (Phi) is 6.54. The van der Waals surface area contributed by atoms with E-state index in [-0.39, 0.29) is 40.8 Å². The summed E-state index contributed by atoms with van der Waals surface area (Å²) >= 11 is 0. The molecule has 9 heteroatoms. The number of carbonyl (C=O) groups is 2. The molecule has 1 atom stereocenters. The van der Waals surface area contributed by atoms with Crippen molar-refractivity contribution in [2.75, 3.05) is 10.8 Å². The molecular weight excluding hydrogens is 490 g/mol.